The van der Waals surface area contributed by atoms with Gasteiger partial charge in [0.1, 0.15) is 12.4 Å². The molecule has 0 bridgehead atoms. The van der Waals surface area contributed by atoms with Crippen LogP contribution < -0.4 is 4.74 Å². The van der Waals surface area contributed by atoms with Gasteiger partial charge in [-0.2, -0.15) is 13.2 Å². The molecule has 0 saturated carbocycles. The highest BCUT2D eigenvalue weighted by Crippen LogP contribution is 2.26. The number of halogens is 3. The number of aryl methyl sites for hydroxylation is 1. The lowest BCUT2D eigenvalue weighted by Crippen LogP contribution is -2.19. The second kappa shape index (κ2) is 7.13. The molecule has 1 aromatic carbocycles. The lowest BCUT2D eigenvalue weighted by molar-refractivity contribution is -0.175. The Bertz CT molecular complexity index is 460. The average molecular weight is 304 g/mol. The summed E-state index contributed by atoms with van der Waals surface area (Å²) in [6.45, 7) is -0.638. The maximum Gasteiger partial charge on any atom is 0.411 e. The number of aliphatic hydroxyl groups excluding tert-OH is 1. The first-order valence-electron chi connectivity index (χ1n) is 7.01. The van der Waals surface area contributed by atoms with Crippen LogP contribution in [0.2, 0.25) is 0 Å². The van der Waals surface area contributed by atoms with E-state index < -0.39 is 18.9 Å². The zero-order valence-corrected chi connectivity index (χ0v) is 11.7. The number of fused-ring (bicyclic) bond motifs is 1. The lowest BCUT2D eigenvalue weighted by atomic mass is 10.0. The molecule has 0 fully saturated rings. The quantitative estimate of drug-likeness (QED) is 0.787. The van der Waals surface area contributed by atoms with Gasteiger partial charge in [0.05, 0.1) is 12.7 Å². The number of aliphatic hydroxyl groups is 1. The molecule has 0 amide bonds. The summed E-state index contributed by atoms with van der Waals surface area (Å²) >= 11 is 0. The zero-order chi connectivity index (χ0) is 15.3. The SMILES string of the molecule is OC(CCOCC(F)(F)F)CCc1ccc2c(c1)CCO2. The molecule has 0 spiro atoms. The highest BCUT2D eigenvalue weighted by Gasteiger charge is 2.27. The summed E-state index contributed by atoms with van der Waals surface area (Å²) in [7, 11) is 0. The van der Waals surface area contributed by atoms with Crippen LogP contribution in [0.15, 0.2) is 18.2 Å². The average Bonchev–Trinajstić information content (AvgIpc) is 2.87. The Balaban J connectivity index is 1.66. The van der Waals surface area contributed by atoms with Gasteiger partial charge in [0, 0.05) is 13.0 Å². The number of benzene rings is 1. The van der Waals surface area contributed by atoms with Crippen molar-refractivity contribution in [1.82, 2.24) is 0 Å². The molecule has 0 radical (unpaired) electrons. The van der Waals surface area contributed by atoms with Crippen molar-refractivity contribution in [3.05, 3.63) is 29.3 Å². The number of alkyl halides is 3. The Kier molecular flexibility index (Phi) is 5.47. The molecular weight excluding hydrogens is 285 g/mol. The molecule has 118 valence electrons. The van der Waals surface area contributed by atoms with Crippen molar-refractivity contribution in [3.8, 4) is 5.75 Å². The summed E-state index contributed by atoms with van der Waals surface area (Å²) in [5.74, 6) is 0.917. The van der Waals surface area contributed by atoms with E-state index >= 15 is 0 Å². The van der Waals surface area contributed by atoms with Gasteiger partial charge in [-0.05, 0) is 36.5 Å². The van der Waals surface area contributed by atoms with Crippen LogP contribution in [0, 0.1) is 0 Å². The molecule has 0 aliphatic carbocycles. The van der Waals surface area contributed by atoms with Crippen LogP contribution in [0.25, 0.3) is 0 Å². The van der Waals surface area contributed by atoms with Crippen LogP contribution in [0.5, 0.6) is 5.75 Å². The van der Waals surface area contributed by atoms with E-state index in [2.05, 4.69) is 10.8 Å². The van der Waals surface area contributed by atoms with Crippen molar-refractivity contribution in [2.45, 2.75) is 38.0 Å². The second-order valence-electron chi connectivity index (χ2n) is 5.19. The molecule has 21 heavy (non-hydrogen) atoms. The second-order valence-corrected chi connectivity index (χ2v) is 5.19. The van der Waals surface area contributed by atoms with E-state index in [1.165, 1.54) is 5.56 Å². The fraction of sp³-hybridized carbons (Fsp3) is 0.600. The Morgan fingerprint density at radius 1 is 1.29 bits per heavy atom. The molecule has 0 aromatic heterocycles. The standard InChI is InChI=1S/C15H19F3O3/c16-15(17,18)10-20-7-6-13(19)3-1-11-2-4-14-12(9-11)5-8-21-14/h2,4,9,13,19H,1,3,5-8,10H2. The molecule has 0 saturated heterocycles. The van der Waals surface area contributed by atoms with Crippen molar-refractivity contribution in [3.63, 3.8) is 0 Å². The monoisotopic (exact) mass is 304 g/mol. The molecule has 1 aliphatic rings. The van der Waals surface area contributed by atoms with Gasteiger partial charge in [-0.3, -0.25) is 0 Å². The predicted molar refractivity (Wildman–Crippen MR) is 71.5 cm³/mol. The van der Waals surface area contributed by atoms with Crippen molar-refractivity contribution >= 4 is 0 Å². The number of hydrogen-bond acceptors (Lipinski definition) is 3. The maximum absolute atomic E-state index is 11.9. The first-order chi connectivity index (χ1) is 9.94. The summed E-state index contributed by atoms with van der Waals surface area (Å²) in [5.41, 5.74) is 2.28. The minimum Gasteiger partial charge on any atom is -0.493 e. The molecule has 3 nitrogen and oxygen atoms in total. The van der Waals surface area contributed by atoms with Gasteiger partial charge in [0.15, 0.2) is 0 Å². The summed E-state index contributed by atoms with van der Waals surface area (Å²) in [5, 5.41) is 9.75. The summed E-state index contributed by atoms with van der Waals surface area (Å²) < 4.78 is 45.5. The minimum atomic E-state index is -4.31. The molecular formula is C15H19F3O3. The van der Waals surface area contributed by atoms with E-state index in [-0.39, 0.29) is 13.0 Å². The van der Waals surface area contributed by atoms with E-state index in [1.807, 2.05) is 12.1 Å². The zero-order valence-electron chi connectivity index (χ0n) is 11.7. The topological polar surface area (TPSA) is 38.7 Å². The van der Waals surface area contributed by atoms with Crippen LogP contribution in [0.1, 0.15) is 24.0 Å². The van der Waals surface area contributed by atoms with Gasteiger partial charge in [0.2, 0.25) is 0 Å². The minimum absolute atomic E-state index is 0.0846. The molecule has 6 heteroatoms. The van der Waals surface area contributed by atoms with E-state index in [0.29, 0.717) is 19.4 Å². The largest absolute Gasteiger partial charge is 0.493 e. The molecule has 1 heterocycles. The van der Waals surface area contributed by atoms with E-state index in [4.69, 9.17) is 4.74 Å². The van der Waals surface area contributed by atoms with Gasteiger partial charge in [-0.25, -0.2) is 0 Å². The molecule has 1 atom stereocenters. The van der Waals surface area contributed by atoms with Gasteiger partial charge < -0.3 is 14.6 Å². The van der Waals surface area contributed by atoms with Crippen LogP contribution in [-0.2, 0) is 17.6 Å². The van der Waals surface area contributed by atoms with Crippen LogP contribution in [-0.4, -0.2) is 37.2 Å². The smallest absolute Gasteiger partial charge is 0.411 e. The highest BCUT2D eigenvalue weighted by atomic mass is 19.4. The Morgan fingerprint density at radius 2 is 2.10 bits per heavy atom. The van der Waals surface area contributed by atoms with Crippen LogP contribution in [0.3, 0.4) is 0 Å². The van der Waals surface area contributed by atoms with Gasteiger partial charge in [-0.15, -0.1) is 0 Å². The summed E-state index contributed by atoms with van der Waals surface area (Å²) in [6, 6.07) is 5.95. The number of ether oxygens (including phenoxy) is 2. The fourth-order valence-corrected chi connectivity index (χ4v) is 2.28. The number of rotatable bonds is 7. The van der Waals surface area contributed by atoms with Crippen molar-refractivity contribution in [2.24, 2.45) is 0 Å². The fourth-order valence-electron chi connectivity index (χ4n) is 2.28. The normalized spacial score (nSPS) is 15.6. The summed E-state index contributed by atoms with van der Waals surface area (Å²) in [6.07, 6.45) is -2.65. The van der Waals surface area contributed by atoms with Crippen molar-refractivity contribution < 1.29 is 27.8 Å². The van der Waals surface area contributed by atoms with Gasteiger partial charge in [0.25, 0.3) is 0 Å². The lowest BCUT2D eigenvalue weighted by Gasteiger charge is -2.12. The van der Waals surface area contributed by atoms with Gasteiger partial charge in [-0.1, -0.05) is 12.1 Å². The van der Waals surface area contributed by atoms with Gasteiger partial charge >= 0.3 is 6.18 Å². The third-order valence-electron chi connectivity index (χ3n) is 3.38. The third-order valence-corrected chi connectivity index (χ3v) is 3.38. The molecule has 1 unspecified atom stereocenters. The maximum atomic E-state index is 11.9. The van der Waals surface area contributed by atoms with E-state index in [9.17, 15) is 18.3 Å². The first kappa shape index (κ1) is 16.1. The third kappa shape index (κ3) is 5.55. The Labute approximate surface area is 121 Å². The van der Waals surface area contributed by atoms with Crippen molar-refractivity contribution in [2.75, 3.05) is 19.8 Å². The Hall–Kier alpha value is -1.27. The molecule has 1 aromatic rings. The van der Waals surface area contributed by atoms with Crippen LogP contribution >= 0.6 is 0 Å². The molecule has 1 aliphatic heterocycles. The van der Waals surface area contributed by atoms with Crippen LogP contribution in [0.4, 0.5) is 13.2 Å². The van der Waals surface area contributed by atoms with Crippen molar-refractivity contribution in [1.29, 1.82) is 0 Å². The predicted octanol–water partition coefficient (Wildman–Crippen LogP) is 2.88. The molecule has 2 rings (SSSR count). The number of hydrogen-bond donors (Lipinski definition) is 1. The van der Waals surface area contributed by atoms with E-state index in [0.717, 1.165) is 17.7 Å². The van der Waals surface area contributed by atoms with E-state index in [1.54, 1.807) is 0 Å². The Morgan fingerprint density at radius 3 is 2.86 bits per heavy atom. The highest BCUT2D eigenvalue weighted by molar-refractivity contribution is 5.39. The first-order valence-corrected chi connectivity index (χ1v) is 7.01. The molecule has 1 N–H and O–H groups in total. The summed E-state index contributed by atoms with van der Waals surface area (Å²) in [4.78, 5) is 0.